The Bertz CT molecular complexity index is 797. The number of rotatable bonds is 4. The summed E-state index contributed by atoms with van der Waals surface area (Å²) in [6, 6.07) is 16.9. The SMILES string of the molecule is Cc1ccc(S(=O)(=O)NN2CCC=C(c3ccccc3)C2)cc1. The zero-order valence-electron chi connectivity index (χ0n) is 13.1. The first-order chi connectivity index (χ1) is 11.0. The number of benzene rings is 2. The second kappa shape index (κ2) is 6.66. The molecule has 23 heavy (non-hydrogen) atoms. The molecule has 0 fully saturated rings. The van der Waals surface area contributed by atoms with Gasteiger partial charge in [0.25, 0.3) is 10.0 Å². The Morgan fingerprint density at radius 2 is 1.70 bits per heavy atom. The van der Waals surface area contributed by atoms with Crippen LogP contribution in [0.15, 0.2) is 65.6 Å². The fraction of sp³-hybridized carbons (Fsp3) is 0.222. The van der Waals surface area contributed by atoms with Crippen LogP contribution in [-0.2, 0) is 10.0 Å². The predicted molar refractivity (Wildman–Crippen MR) is 92.1 cm³/mol. The van der Waals surface area contributed by atoms with Crippen molar-refractivity contribution in [2.24, 2.45) is 0 Å². The summed E-state index contributed by atoms with van der Waals surface area (Å²) in [6.07, 6.45) is 2.99. The molecule has 1 heterocycles. The van der Waals surface area contributed by atoms with Crippen molar-refractivity contribution in [1.82, 2.24) is 9.84 Å². The van der Waals surface area contributed by atoms with Crippen LogP contribution in [0.4, 0.5) is 0 Å². The summed E-state index contributed by atoms with van der Waals surface area (Å²) < 4.78 is 25.0. The first kappa shape index (κ1) is 15.9. The Hall–Kier alpha value is -1.95. The van der Waals surface area contributed by atoms with Crippen molar-refractivity contribution in [3.8, 4) is 0 Å². The van der Waals surface area contributed by atoms with Gasteiger partial charge < -0.3 is 0 Å². The van der Waals surface area contributed by atoms with E-state index in [0.29, 0.717) is 18.0 Å². The van der Waals surface area contributed by atoms with E-state index < -0.39 is 10.0 Å². The van der Waals surface area contributed by atoms with Gasteiger partial charge in [0.1, 0.15) is 0 Å². The zero-order chi connectivity index (χ0) is 16.3. The third-order valence-electron chi connectivity index (χ3n) is 3.88. The van der Waals surface area contributed by atoms with Gasteiger partial charge in [-0.15, -0.1) is 4.83 Å². The number of aryl methyl sites for hydroxylation is 1. The molecule has 0 aliphatic carbocycles. The van der Waals surface area contributed by atoms with Gasteiger partial charge in [0.2, 0.25) is 0 Å². The lowest BCUT2D eigenvalue weighted by Crippen LogP contribution is -2.44. The van der Waals surface area contributed by atoms with Crippen molar-refractivity contribution in [2.75, 3.05) is 13.1 Å². The van der Waals surface area contributed by atoms with Crippen molar-refractivity contribution >= 4 is 15.6 Å². The molecule has 2 aromatic carbocycles. The number of hydrogen-bond acceptors (Lipinski definition) is 3. The molecule has 1 N–H and O–H groups in total. The molecule has 0 radical (unpaired) electrons. The molecule has 0 saturated carbocycles. The number of hydrazine groups is 1. The average Bonchev–Trinajstić information content (AvgIpc) is 2.56. The smallest absolute Gasteiger partial charge is 0.226 e. The summed E-state index contributed by atoms with van der Waals surface area (Å²) in [7, 11) is -3.53. The van der Waals surface area contributed by atoms with E-state index in [-0.39, 0.29) is 0 Å². The molecule has 5 heteroatoms. The summed E-state index contributed by atoms with van der Waals surface area (Å²) in [5.74, 6) is 0. The van der Waals surface area contributed by atoms with Crippen LogP contribution in [0.25, 0.3) is 5.57 Å². The van der Waals surface area contributed by atoms with Crippen LogP contribution in [-0.4, -0.2) is 26.5 Å². The van der Waals surface area contributed by atoms with Gasteiger partial charge in [-0.2, -0.15) is 0 Å². The highest BCUT2D eigenvalue weighted by atomic mass is 32.2. The van der Waals surface area contributed by atoms with Gasteiger partial charge >= 0.3 is 0 Å². The predicted octanol–water partition coefficient (Wildman–Crippen LogP) is 2.98. The molecule has 0 aromatic heterocycles. The minimum atomic E-state index is -3.53. The van der Waals surface area contributed by atoms with Crippen molar-refractivity contribution < 1.29 is 8.42 Å². The third kappa shape index (κ3) is 3.88. The number of hydrogen-bond donors (Lipinski definition) is 1. The quantitative estimate of drug-likeness (QED) is 0.939. The lowest BCUT2D eigenvalue weighted by Gasteiger charge is -2.27. The number of nitrogens with one attached hydrogen (secondary N) is 1. The Labute approximate surface area is 137 Å². The van der Waals surface area contributed by atoms with Gasteiger partial charge in [-0.3, -0.25) is 0 Å². The molecular formula is C18H20N2O2S. The second-order valence-corrected chi connectivity index (χ2v) is 7.37. The second-order valence-electron chi connectivity index (χ2n) is 5.71. The minimum Gasteiger partial charge on any atom is -0.226 e. The molecule has 1 aliphatic heterocycles. The summed E-state index contributed by atoms with van der Waals surface area (Å²) in [4.78, 5) is 2.99. The van der Waals surface area contributed by atoms with Crippen molar-refractivity contribution in [2.45, 2.75) is 18.2 Å². The zero-order valence-corrected chi connectivity index (χ0v) is 13.9. The van der Waals surface area contributed by atoms with Crippen LogP contribution in [0.3, 0.4) is 0 Å². The Kier molecular flexibility index (Phi) is 4.61. The van der Waals surface area contributed by atoms with Crippen LogP contribution in [0.5, 0.6) is 0 Å². The standard InChI is InChI=1S/C18H20N2O2S/c1-15-9-11-18(12-10-15)23(21,22)19-20-13-5-8-17(14-20)16-6-3-2-4-7-16/h2-4,6-12,19H,5,13-14H2,1H3. The topological polar surface area (TPSA) is 49.4 Å². The monoisotopic (exact) mass is 328 g/mol. The Morgan fingerprint density at radius 3 is 2.39 bits per heavy atom. The molecule has 4 nitrogen and oxygen atoms in total. The molecule has 0 bridgehead atoms. The van der Waals surface area contributed by atoms with Gasteiger partial charge in [0, 0.05) is 13.1 Å². The fourth-order valence-electron chi connectivity index (χ4n) is 2.62. The molecule has 120 valence electrons. The fourth-order valence-corrected chi connectivity index (χ4v) is 3.72. The Balaban J connectivity index is 1.74. The lowest BCUT2D eigenvalue weighted by atomic mass is 10.0. The molecule has 0 saturated heterocycles. The van der Waals surface area contributed by atoms with E-state index in [2.05, 4.69) is 10.9 Å². The van der Waals surface area contributed by atoms with E-state index in [4.69, 9.17) is 0 Å². The minimum absolute atomic E-state index is 0.291. The maximum absolute atomic E-state index is 12.5. The molecule has 0 spiro atoms. The van der Waals surface area contributed by atoms with Gasteiger partial charge in [0.15, 0.2) is 0 Å². The van der Waals surface area contributed by atoms with Gasteiger partial charge in [-0.1, -0.05) is 54.1 Å². The van der Waals surface area contributed by atoms with E-state index in [9.17, 15) is 8.42 Å². The number of nitrogens with zero attached hydrogens (tertiary/aromatic N) is 1. The summed E-state index contributed by atoms with van der Waals surface area (Å²) >= 11 is 0. The normalized spacial score (nSPS) is 16.1. The van der Waals surface area contributed by atoms with Crippen molar-refractivity contribution in [3.63, 3.8) is 0 Å². The van der Waals surface area contributed by atoms with Crippen LogP contribution in [0.1, 0.15) is 17.5 Å². The van der Waals surface area contributed by atoms with Gasteiger partial charge in [-0.25, -0.2) is 13.4 Å². The first-order valence-corrected chi connectivity index (χ1v) is 9.11. The van der Waals surface area contributed by atoms with E-state index >= 15 is 0 Å². The highest BCUT2D eigenvalue weighted by Crippen LogP contribution is 2.20. The summed E-state index contributed by atoms with van der Waals surface area (Å²) in [6.45, 7) is 3.17. The van der Waals surface area contributed by atoms with Crippen molar-refractivity contribution in [3.05, 3.63) is 71.8 Å². The van der Waals surface area contributed by atoms with Crippen LogP contribution >= 0.6 is 0 Å². The van der Waals surface area contributed by atoms with E-state index in [0.717, 1.165) is 23.1 Å². The molecule has 0 unspecified atom stereocenters. The average molecular weight is 328 g/mol. The van der Waals surface area contributed by atoms with Crippen LogP contribution < -0.4 is 4.83 Å². The van der Waals surface area contributed by atoms with Crippen LogP contribution in [0.2, 0.25) is 0 Å². The maximum Gasteiger partial charge on any atom is 0.253 e. The van der Waals surface area contributed by atoms with Gasteiger partial charge in [-0.05, 0) is 36.6 Å². The molecular weight excluding hydrogens is 308 g/mol. The van der Waals surface area contributed by atoms with E-state index in [1.165, 1.54) is 0 Å². The Morgan fingerprint density at radius 1 is 1.00 bits per heavy atom. The highest BCUT2D eigenvalue weighted by Gasteiger charge is 2.21. The summed E-state index contributed by atoms with van der Waals surface area (Å²) in [5.41, 5.74) is 3.31. The van der Waals surface area contributed by atoms with E-state index in [1.807, 2.05) is 37.3 Å². The molecule has 1 aliphatic rings. The van der Waals surface area contributed by atoms with E-state index in [1.54, 1.807) is 29.3 Å². The third-order valence-corrected chi connectivity index (χ3v) is 5.27. The molecule has 0 amide bonds. The highest BCUT2D eigenvalue weighted by molar-refractivity contribution is 7.89. The first-order valence-electron chi connectivity index (χ1n) is 7.63. The molecule has 3 rings (SSSR count). The molecule has 2 aromatic rings. The number of sulfonamides is 1. The maximum atomic E-state index is 12.5. The summed E-state index contributed by atoms with van der Waals surface area (Å²) in [5, 5.41) is 1.76. The largest absolute Gasteiger partial charge is 0.253 e. The van der Waals surface area contributed by atoms with Gasteiger partial charge in [0.05, 0.1) is 4.90 Å². The van der Waals surface area contributed by atoms with Crippen LogP contribution in [0, 0.1) is 6.92 Å². The van der Waals surface area contributed by atoms with Crippen molar-refractivity contribution in [1.29, 1.82) is 0 Å². The lowest BCUT2D eigenvalue weighted by molar-refractivity contribution is 0.269. The molecule has 0 atom stereocenters.